The average molecular weight is 405 g/mol. The first kappa shape index (κ1) is 19.2. The van der Waals surface area contributed by atoms with E-state index >= 15 is 0 Å². The molecule has 1 heterocycles. The van der Waals surface area contributed by atoms with Crippen molar-refractivity contribution in [3.05, 3.63) is 53.2 Å². The normalized spacial score (nSPS) is 21.5. The first-order chi connectivity index (χ1) is 13.6. The van der Waals surface area contributed by atoms with Crippen LogP contribution in [0.25, 0.3) is 0 Å². The first-order valence-corrected chi connectivity index (χ1v) is 10.4. The number of carbonyl (C=O) groups excluding carboxylic acids is 1. The van der Waals surface area contributed by atoms with Gasteiger partial charge in [0.1, 0.15) is 12.7 Å². The van der Waals surface area contributed by atoms with E-state index in [0.29, 0.717) is 29.4 Å². The smallest absolute Gasteiger partial charge is 0.293 e. The average Bonchev–Trinajstić information content (AvgIpc) is 3.25. The molecule has 1 aromatic carbocycles. The molecule has 2 fully saturated rings. The lowest BCUT2D eigenvalue weighted by molar-refractivity contribution is -0.129. The minimum Gasteiger partial charge on any atom is -0.481 e. The highest BCUT2D eigenvalue weighted by Gasteiger charge is 2.41. The van der Waals surface area contributed by atoms with Crippen LogP contribution in [0, 0.1) is 11.6 Å². The lowest BCUT2D eigenvalue weighted by Crippen LogP contribution is -2.04. The Morgan fingerprint density at radius 2 is 1.93 bits per heavy atom. The third kappa shape index (κ3) is 4.46. The quantitative estimate of drug-likeness (QED) is 0.578. The van der Waals surface area contributed by atoms with Gasteiger partial charge in [0.05, 0.1) is 10.7 Å². The predicted molar refractivity (Wildman–Crippen MR) is 101 cm³/mol. The Morgan fingerprint density at radius 3 is 2.64 bits per heavy atom. The van der Waals surface area contributed by atoms with Crippen LogP contribution < -0.4 is 4.74 Å². The van der Waals surface area contributed by atoms with Crippen molar-refractivity contribution in [3.63, 3.8) is 0 Å². The molecule has 2 aliphatic carbocycles. The molecule has 1 aromatic heterocycles. The molecule has 2 saturated carbocycles. The summed E-state index contributed by atoms with van der Waals surface area (Å²) in [6.45, 7) is 0.355. The predicted octanol–water partition coefficient (Wildman–Crippen LogP) is 5.00. The minimum atomic E-state index is -0.761. The molecule has 2 unspecified atom stereocenters. The Hall–Kier alpha value is -2.15. The molecule has 148 valence electrons. The molecule has 28 heavy (non-hydrogen) atoms. The van der Waals surface area contributed by atoms with E-state index in [-0.39, 0.29) is 18.6 Å². The molecular formula is C21H21F2NO3S. The SMILES string of the molecule is O=COC1CC1c1cc(F)c(OCc2cccc(SC3CCCC3)n2)c(F)c1. The Labute approximate surface area is 166 Å². The third-order valence-electron chi connectivity index (χ3n) is 5.15. The number of hydrogen-bond donors (Lipinski definition) is 0. The number of aromatic nitrogens is 1. The second-order valence-electron chi connectivity index (χ2n) is 7.21. The standard InChI is InChI=1S/C21H21F2NO3S/c22-17-8-13(16-10-19(16)27-12-25)9-18(23)21(17)26-11-14-4-3-7-20(24-14)28-15-5-1-2-6-15/h3-4,7-9,12,15-16,19H,1-2,5-6,10-11H2. The highest BCUT2D eigenvalue weighted by Crippen LogP contribution is 2.44. The number of carbonyl (C=O) groups is 1. The topological polar surface area (TPSA) is 48.4 Å². The van der Waals surface area contributed by atoms with Crippen molar-refractivity contribution in [3.8, 4) is 5.75 Å². The van der Waals surface area contributed by atoms with Crippen LogP contribution in [0.3, 0.4) is 0 Å². The lowest BCUT2D eigenvalue weighted by Gasteiger charge is -2.12. The van der Waals surface area contributed by atoms with E-state index < -0.39 is 17.4 Å². The van der Waals surface area contributed by atoms with E-state index in [1.807, 2.05) is 12.1 Å². The first-order valence-electron chi connectivity index (χ1n) is 9.47. The summed E-state index contributed by atoms with van der Waals surface area (Å²) in [7, 11) is 0. The number of nitrogens with zero attached hydrogens (tertiary/aromatic N) is 1. The number of benzene rings is 1. The Balaban J connectivity index is 1.40. The largest absolute Gasteiger partial charge is 0.481 e. The second-order valence-corrected chi connectivity index (χ2v) is 8.53. The van der Waals surface area contributed by atoms with Crippen molar-refractivity contribution < 1.29 is 23.0 Å². The van der Waals surface area contributed by atoms with Gasteiger partial charge in [0.15, 0.2) is 17.4 Å². The second kappa shape index (κ2) is 8.47. The number of ether oxygens (including phenoxy) is 2. The Morgan fingerprint density at radius 1 is 1.18 bits per heavy atom. The Bertz CT molecular complexity index is 834. The zero-order valence-corrected chi connectivity index (χ0v) is 16.1. The molecule has 0 aliphatic heterocycles. The summed E-state index contributed by atoms with van der Waals surface area (Å²) in [6.07, 6.45) is 5.21. The maximum absolute atomic E-state index is 14.4. The van der Waals surface area contributed by atoms with Gasteiger partial charge in [-0.3, -0.25) is 4.79 Å². The summed E-state index contributed by atoms with van der Waals surface area (Å²) >= 11 is 1.76. The maximum atomic E-state index is 14.4. The van der Waals surface area contributed by atoms with Crippen LogP contribution in [0.1, 0.15) is 49.3 Å². The molecule has 0 saturated heterocycles. The summed E-state index contributed by atoms with van der Waals surface area (Å²) < 4.78 is 39.0. The molecule has 0 bridgehead atoms. The highest BCUT2D eigenvalue weighted by atomic mass is 32.2. The molecule has 2 aliphatic rings. The Kier molecular flexibility index (Phi) is 5.80. The molecule has 4 rings (SSSR count). The summed E-state index contributed by atoms with van der Waals surface area (Å²) in [4.78, 5) is 14.9. The van der Waals surface area contributed by atoms with Crippen molar-refractivity contribution in [1.82, 2.24) is 4.98 Å². The van der Waals surface area contributed by atoms with Gasteiger partial charge in [0, 0.05) is 11.2 Å². The van der Waals surface area contributed by atoms with E-state index in [1.54, 1.807) is 17.8 Å². The monoisotopic (exact) mass is 405 g/mol. The van der Waals surface area contributed by atoms with Gasteiger partial charge in [-0.1, -0.05) is 18.9 Å². The van der Waals surface area contributed by atoms with Crippen molar-refractivity contribution in [1.29, 1.82) is 0 Å². The summed E-state index contributed by atoms with van der Waals surface area (Å²) in [5.74, 6) is -2.09. The molecule has 2 atom stereocenters. The molecule has 0 radical (unpaired) electrons. The van der Waals surface area contributed by atoms with Gasteiger partial charge < -0.3 is 9.47 Å². The van der Waals surface area contributed by atoms with Crippen LogP contribution in [0.15, 0.2) is 35.4 Å². The van der Waals surface area contributed by atoms with Crippen LogP contribution in [0.5, 0.6) is 5.75 Å². The van der Waals surface area contributed by atoms with E-state index in [1.165, 1.54) is 37.8 Å². The summed E-state index contributed by atoms with van der Waals surface area (Å²) in [6, 6.07) is 8.12. The van der Waals surface area contributed by atoms with Crippen LogP contribution >= 0.6 is 11.8 Å². The van der Waals surface area contributed by atoms with Crippen LogP contribution in [-0.2, 0) is 16.1 Å². The number of thioether (sulfide) groups is 1. The van der Waals surface area contributed by atoms with Gasteiger partial charge in [-0.2, -0.15) is 0 Å². The van der Waals surface area contributed by atoms with Crippen molar-refractivity contribution >= 4 is 18.2 Å². The fourth-order valence-corrected chi connectivity index (χ4v) is 4.84. The molecule has 0 spiro atoms. The van der Waals surface area contributed by atoms with Crippen molar-refractivity contribution in [2.45, 2.75) is 61.0 Å². The number of halogens is 2. The van der Waals surface area contributed by atoms with E-state index in [4.69, 9.17) is 9.47 Å². The number of pyridine rings is 1. The molecule has 0 amide bonds. The van der Waals surface area contributed by atoms with E-state index in [2.05, 4.69) is 4.98 Å². The van der Waals surface area contributed by atoms with Crippen molar-refractivity contribution in [2.75, 3.05) is 0 Å². The summed E-state index contributed by atoms with van der Waals surface area (Å²) in [5, 5.41) is 1.51. The van der Waals surface area contributed by atoms with Gasteiger partial charge in [-0.05, 0) is 49.1 Å². The fourth-order valence-electron chi connectivity index (χ4n) is 3.60. The third-order valence-corrected chi connectivity index (χ3v) is 6.42. The molecule has 4 nitrogen and oxygen atoms in total. The van der Waals surface area contributed by atoms with Crippen LogP contribution in [-0.4, -0.2) is 22.8 Å². The van der Waals surface area contributed by atoms with E-state index in [9.17, 15) is 13.6 Å². The maximum Gasteiger partial charge on any atom is 0.293 e. The van der Waals surface area contributed by atoms with Gasteiger partial charge in [-0.25, -0.2) is 13.8 Å². The molecule has 0 N–H and O–H groups in total. The minimum absolute atomic E-state index is 0.00738. The fraction of sp³-hybridized carbons (Fsp3) is 0.429. The van der Waals surface area contributed by atoms with Crippen LogP contribution in [0.2, 0.25) is 0 Å². The molecule has 7 heteroatoms. The highest BCUT2D eigenvalue weighted by molar-refractivity contribution is 7.99. The van der Waals surface area contributed by atoms with E-state index in [0.717, 1.165) is 5.03 Å². The lowest BCUT2D eigenvalue weighted by atomic mass is 10.1. The van der Waals surface area contributed by atoms with Gasteiger partial charge >= 0.3 is 0 Å². The van der Waals surface area contributed by atoms with Gasteiger partial charge in [-0.15, -0.1) is 11.8 Å². The zero-order chi connectivity index (χ0) is 19.5. The summed E-state index contributed by atoms with van der Waals surface area (Å²) in [5.41, 5.74) is 1.11. The number of hydrogen-bond acceptors (Lipinski definition) is 5. The molecule has 2 aromatic rings. The van der Waals surface area contributed by atoms with Gasteiger partial charge in [0.2, 0.25) is 0 Å². The zero-order valence-electron chi connectivity index (χ0n) is 15.3. The van der Waals surface area contributed by atoms with Crippen LogP contribution in [0.4, 0.5) is 8.78 Å². The van der Waals surface area contributed by atoms with Crippen molar-refractivity contribution in [2.24, 2.45) is 0 Å². The van der Waals surface area contributed by atoms with Gasteiger partial charge in [0.25, 0.3) is 6.47 Å². The molecular weight excluding hydrogens is 384 g/mol. The number of rotatable bonds is 8.